The number of nitrogens with one attached hydrogen (secondary N) is 3. The first-order valence-electron chi connectivity index (χ1n) is 8.26. The summed E-state index contributed by atoms with van der Waals surface area (Å²) in [7, 11) is 1.62. The molecule has 0 aliphatic carbocycles. The molecule has 3 rings (SSSR count). The fourth-order valence-corrected chi connectivity index (χ4v) is 3.05. The molecule has 0 aromatic heterocycles. The van der Waals surface area contributed by atoms with E-state index in [4.69, 9.17) is 4.74 Å². The monoisotopic (exact) mass is 343 g/mol. The lowest BCUT2D eigenvalue weighted by Gasteiger charge is -2.22. The number of carbonyl (C=O) groups excluding carboxylic acids is 1. The van der Waals surface area contributed by atoms with Gasteiger partial charge in [-0.05, 0) is 42.3 Å². The molecule has 0 radical (unpaired) electrons. The van der Waals surface area contributed by atoms with E-state index in [9.17, 15) is 9.18 Å². The molecule has 1 fully saturated rings. The molecule has 2 aromatic rings. The van der Waals surface area contributed by atoms with Crippen LogP contribution in [0, 0.1) is 11.7 Å². The van der Waals surface area contributed by atoms with Gasteiger partial charge in [0, 0.05) is 6.54 Å². The number of hydrazine groups is 1. The first kappa shape index (κ1) is 17.4. The second-order valence-electron chi connectivity index (χ2n) is 6.17. The molecule has 0 saturated carbocycles. The van der Waals surface area contributed by atoms with Crippen molar-refractivity contribution in [3.8, 4) is 5.75 Å². The van der Waals surface area contributed by atoms with Gasteiger partial charge in [-0.15, -0.1) is 0 Å². The molecule has 5 nitrogen and oxygen atoms in total. The summed E-state index contributed by atoms with van der Waals surface area (Å²) in [4.78, 5) is 12.7. The van der Waals surface area contributed by atoms with Crippen molar-refractivity contribution in [3.63, 3.8) is 0 Å². The Kier molecular flexibility index (Phi) is 5.31. The van der Waals surface area contributed by atoms with E-state index in [1.807, 2.05) is 31.2 Å². The van der Waals surface area contributed by atoms with Crippen molar-refractivity contribution in [1.29, 1.82) is 0 Å². The number of amides is 1. The Hall–Kier alpha value is -2.44. The lowest BCUT2D eigenvalue weighted by molar-refractivity contribution is -0.125. The lowest BCUT2D eigenvalue weighted by Crippen LogP contribution is -2.36. The van der Waals surface area contributed by atoms with Crippen molar-refractivity contribution >= 4 is 5.91 Å². The van der Waals surface area contributed by atoms with E-state index in [-0.39, 0.29) is 29.7 Å². The summed E-state index contributed by atoms with van der Waals surface area (Å²) in [6.45, 7) is 2.42. The average Bonchev–Trinajstić information content (AvgIpc) is 3.12. The topological polar surface area (TPSA) is 62.4 Å². The lowest BCUT2D eigenvalue weighted by atomic mass is 9.93. The molecule has 6 heteroatoms. The Bertz CT molecular complexity index is 736. The van der Waals surface area contributed by atoms with Crippen LogP contribution in [0.5, 0.6) is 5.75 Å². The first-order valence-corrected chi connectivity index (χ1v) is 8.26. The van der Waals surface area contributed by atoms with E-state index in [1.165, 1.54) is 12.1 Å². The molecule has 132 valence electrons. The predicted octanol–water partition coefficient (Wildman–Crippen LogP) is 2.48. The summed E-state index contributed by atoms with van der Waals surface area (Å²) in [6, 6.07) is 13.5. The number of methoxy groups -OCH3 is 1. The smallest absolute Gasteiger partial charge is 0.226 e. The summed E-state index contributed by atoms with van der Waals surface area (Å²) in [5.41, 5.74) is 8.07. The Morgan fingerprint density at radius 1 is 1.28 bits per heavy atom. The standard InChI is InChI=1S/C19H22FN3O2/c1-12(13-6-8-15(20)9-7-13)22-19(24)17-11-21-23-18(17)14-4-3-5-16(10-14)25-2/h3-10,12,17-18,21,23H,11H2,1-2H3,(H,22,24). The van der Waals surface area contributed by atoms with Gasteiger partial charge in [-0.25, -0.2) is 9.82 Å². The number of carbonyl (C=O) groups is 1. The molecule has 3 unspecified atom stereocenters. The zero-order chi connectivity index (χ0) is 17.8. The van der Waals surface area contributed by atoms with Crippen LogP contribution in [0.4, 0.5) is 4.39 Å². The third-order valence-corrected chi connectivity index (χ3v) is 4.50. The van der Waals surface area contributed by atoms with E-state index >= 15 is 0 Å². The van der Waals surface area contributed by atoms with Crippen LogP contribution >= 0.6 is 0 Å². The summed E-state index contributed by atoms with van der Waals surface area (Å²) in [6.07, 6.45) is 0. The number of benzene rings is 2. The fraction of sp³-hybridized carbons (Fsp3) is 0.316. The van der Waals surface area contributed by atoms with Crippen molar-refractivity contribution in [2.45, 2.75) is 19.0 Å². The fourth-order valence-electron chi connectivity index (χ4n) is 3.05. The van der Waals surface area contributed by atoms with Gasteiger partial charge < -0.3 is 10.1 Å². The Morgan fingerprint density at radius 3 is 2.76 bits per heavy atom. The molecule has 1 amide bonds. The van der Waals surface area contributed by atoms with Crippen LogP contribution < -0.4 is 20.9 Å². The molecule has 0 bridgehead atoms. The van der Waals surface area contributed by atoms with Gasteiger partial charge in [0.1, 0.15) is 11.6 Å². The molecule has 1 aliphatic rings. The van der Waals surface area contributed by atoms with Gasteiger partial charge in [0.15, 0.2) is 0 Å². The van der Waals surface area contributed by atoms with Gasteiger partial charge >= 0.3 is 0 Å². The third kappa shape index (κ3) is 3.97. The van der Waals surface area contributed by atoms with Crippen LogP contribution in [0.15, 0.2) is 48.5 Å². The van der Waals surface area contributed by atoms with E-state index < -0.39 is 0 Å². The van der Waals surface area contributed by atoms with Gasteiger partial charge in [0.05, 0.1) is 25.1 Å². The number of halogens is 1. The highest BCUT2D eigenvalue weighted by Crippen LogP contribution is 2.28. The van der Waals surface area contributed by atoms with Crippen molar-refractivity contribution < 1.29 is 13.9 Å². The minimum absolute atomic E-state index is 0.0536. The predicted molar refractivity (Wildman–Crippen MR) is 93.3 cm³/mol. The normalized spacial score (nSPS) is 20.9. The SMILES string of the molecule is COc1cccc(C2NNCC2C(=O)NC(C)c2ccc(F)cc2)c1. The van der Waals surface area contributed by atoms with Crippen LogP contribution in [0.25, 0.3) is 0 Å². The maximum atomic E-state index is 13.0. The number of rotatable bonds is 5. The second-order valence-corrected chi connectivity index (χ2v) is 6.17. The van der Waals surface area contributed by atoms with Crippen molar-refractivity contribution in [1.82, 2.24) is 16.2 Å². The molecule has 0 spiro atoms. The Balaban J connectivity index is 1.71. The zero-order valence-electron chi connectivity index (χ0n) is 14.3. The molecule has 25 heavy (non-hydrogen) atoms. The van der Waals surface area contributed by atoms with E-state index in [0.717, 1.165) is 16.9 Å². The van der Waals surface area contributed by atoms with Gasteiger partial charge in [0.25, 0.3) is 0 Å². The largest absolute Gasteiger partial charge is 0.497 e. The third-order valence-electron chi connectivity index (χ3n) is 4.50. The highest BCUT2D eigenvalue weighted by atomic mass is 19.1. The van der Waals surface area contributed by atoms with E-state index in [2.05, 4.69) is 16.2 Å². The molecule has 1 aliphatic heterocycles. The molecule has 3 N–H and O–H groups in total. The molecular formula is C19H22FN3O2. The molecule has 1 heterocycles. The number of ether oxygens (including phenoxy) is 1. The van der Waals surface area contributed by atoms with Crippen LogP contribution in [0.3, 0.4) is 0 Å². The average molecular weight is 343 g/mol. The van der Waals surface area contributed by atoms with Crippen LogP contribution in [0.1, 0.15) is 30.1 Å². The van der Waals surface area contributed by atoms with Crippen LogP contribution in [0.2, 0.25) is 0 Å². The first-order chi connectivity index (χ1) is 12.1. The van der Waals surface area contributed by atoms with Crippen molar-refractivity contribution in [3.05, 3.63) is 65.5 Å². The van der Waals surface area contributed by atoms with Crippen molar-refractivity contribution in [2.24, 2.45) is 5.92 Å². The van der Waals surface area contributed by atoms with Gasteiger partial charge in [-0.1, -0.05) is 24.3 Å². The highest BCUT2D eigenvalue weighted by molar-refractivity contribution is 5.80. The number of hydrogen-bond acceptors (Lipinski definition) is 4. The van der Waals surface area contributed by atoms with E-state index in [0.29, 0.717) is 6.54 Å². The van der Waals surface area contributed by atoms with Crippen molar-refractivity contribution in [2.75, 3.05) is 13.7 Å². The maximum absolute atomic E-state index is 13.0. The van der Waals surface area contributed by atoms with E-state index in [1.54, 1.807) is 19.2 Å². The summed E-state index contributed by atoms with van der Waals surface area (Å²) >= 11 is 0. The highest BCUT2D eigenvalue weighted by Gasteiger charge is 2.34. The molecule has 1 saturated heterocycles. The summed E-state index contributed by atoms with van der Waals surface area (Å²) < 4.78 is 18.3. The molecule has 3 atom stereocenters. The quantitative estimate of drug-likeness (QED) is 0.780. The van der Waals surface area contributed by atoms with Crippen LogP contribution in [-0.2, 0) is 4.79 Å². The summed E-state index contributed by atoms with van der Waals surface area (Å²) in [5.74, 6) is 0.159. The molecule has 2 aromatic carbocycles. The minimum Gasteiger partial charge on any atom is -0.497 e. The zero-order valence-corrected chi connectivity index (χ0v) is 14.3. The number of hydrogen-bond donors (Lipinski definition) is 3. The van der Waals surface area contributed by atoms with Gasteiger partial charge in [-0.3, -0.25) is 10.2 Å². The minimum atomic E-state index is -0.287. The molecular weight excluding hydrogens is 321 g/mol. The summed E-state index contributed by atoms with van der Waals surface area (Å²) in [5, 5.41) is 3.01. The van der Waals surface area contributed by atoms with Crippen LogP contribution in [-0.4, -0.2) is 19.6 Å². The maximum Gasteiger partial charge on any atom is 0.226 e. The van der Waals surface area contributed by atoms with Gasteiger partial charge in [0.2, 0.25) is 5.91 Å². The second kappa shape index (κ2) is 7.63. The van der Waals surface area contributed by atoms with Gasteiger partial charge in [-0.2, -0.15) is 0 Å². The Labute approximate surface area is 146 Å². The Morgan fingerprint density at radius 2 is 2.04 bits per heavy atom.